The molecule has 0 fully saturated rings. The monoisotopic (exact) mass is 426 g/mol. The molecule has 2 N–H and O–H groups in total. The maximum atomic E-state index is 13.1. The molecule has 1 aromatic carbocycles. The number of aromatic nitrogens is 1. The van der Waals surface area contributed by atoms with Crippen LogP contribution in [0.5, 0.6) is 5.75 Å². The van der Waals surface area contributed by atoms with Gasteiger partial charge in [-0.3, -0.25) is 9.59 Å². The van der Waals surface area contributed by atoms with Crippen LogP contribution in [-0.2, 0) is 9.53 Å². The number of nitrogens with zero attached hydrogens (tertiary/aromatic N) is 2. The van der Waals surface area contributed by atoms with Crippen LogP contribution in [-0.4, -0.2) is 39.1 Å². The Labute approximate surface area is 180 Å². The molecule has 3 atom stereocenters. The van der Waals surface area contributed by atoms with Crippen LogP contribution < -0.4 is 10.3 Å². The number of nitriles is 1. The number of aliphatic hydroxyl groups excluding tert-OH is 2. The minimum Gasteiger partial charge on any atom is -0.484 e. The number of benzene rings is 1. The molecule has 1 unspecified atom stereocenters. The summed E-state index contributed by atoms with van der Waals surface area (Å²) in [4.78, 5) is 24.9. The molecule has 0 aliphatic carbocycles. The standard InChI is InChI=1S/C23H26N2O6/c1-14(27)30-22-21(17-11-15(13-24)6-7-19(17)31-23(22,2)3)25-9-8-16(12-20(25)29)18(28)5-4-10-26/h6-9,11-12,18,21-22,26,28H,4-5,10H2,1-3H3/t18?,21-,22+/m0/s1. The summed E-state index contributed by atoms with van der Waals surface area (Å²) in [6.07, 6.45) is 0.577. The van der Waals surface area contributed by atoms with E-state index in [4.69, 9.17) is 14.6 Å². The van der Waals surface area contributed by atoms with Crippen LogP contribution in [0.25, 0.3) is 0 Å². The van der Waals surface area contributed by atoms with Crippen LogP contribution in [0.1, 0.15) is 62.4 Å². The van der Waals surface area contributed by atoms with Crippen molar-refractivity contribution in [2.75, 3.05) is 6.61 Å². The van der Waals surface area contributed by atoms with E-state index < -0.39 is 35.4 Å². The Balaban J connectivity index is 2.14. The molecule has 2 heterocycles. The van der Waals surface area contributed by atoms with Crippen molar-refractivity contribution in [3.63, 3.8) is 0 Å². The topological polar surface area (TPSA) is 122 Å². The van der Waals surface area contributed by atoms with Gasteiger partial charge in [-0.25, -0.2) is 0 Å². The molecule has 31 heavy (non-hydrogen) atoms. The quantitative estimate of drug-likeness (QED) is 0.679. The number of carbonyl (C=O) groups excluding carboxylic acids is 1. The summed E-state index contributed by atoms with van der Waals surface area (Å²) in [5, 5.41) is 28.6. The Morgan fingerprint density at radius 3 is 2.71 bits per heavy atom. The molecule has 0 bridgehead atoms. The fourth-order valence-electron chi connectivity index (χ4n) is 3.90. The lowest BCUT2D eigenvalue weighted by molar-refractivity contribution is -0.163. The van der Waals surface area contributed by atoms with E-state index in [9.17, 15) is 20.0 Å². The highest BCUT2D eigenvalue weighted by Crippen LogP contribution is 2.43. The normalized spacial score (nSPS) is 20.1. The van der Waals surface area contributed by atoms with E-state index in [1.165, 1.54) is 17.6 Å². The molecule has 8 heteroatoms. The minimum atomic E-state index is -0.948. The van der Waals surface area contributed by atoms with Crippen LogP contribution in [0, 0.1) is 11.3 Å². The predicted molar refractivity (Wildman–Crippen MR) is 112 cm³/mol. The smallest absolute Gasteiger partial charge is 0.303 e. The Hall–Kier alpha value is -3.15. The molecule has 0 amide bonds. The lowest BCUT2D eigenvalue weighted by atomic mass is 9.85. The van der Waals surface area contributed by atoms with Gasteiger partial charge in [0.05, 0.1) is 17.7 Å². The number of esters is 1. The largest absolute Gasteiger partial charge is 0.484 e. The first-order valence-corrected chi connectivity index (χ1v) is 10.1. The number of aliphatic hydroxyl groups is 2. The highest BCUT2D eigenvalue weighted by Gasteiger charge is 2.47. The van der Waals surface area contributed by atoms with Crippen LogP contribution in [0.3, 0.4) is 0 Å². The van der Waals surface area contributed by atoms with E-state index in [2.05, 4.69) is 6.07 Å². The summed E-state index contributed by atoms with van der Waals surface area (Å²) in [5.74, 6) is -0.0213. The van der Waals surface area contributed by atoms with E-state index in [-0.39, 0.29) is 6.61 Å². The van der Waals surface area contributed by atoms with E-state index >= 15 is 0 Å². The number of rotatable bonds is 6. The average Bonchev–Trinajstić information content (AvgIpc) is 2.72. The number of fused-ring (bicyclic) bond motifs is 1. The van der Waals surface area contributed by atoms with Crippen molar-refractivity contribution in [1.82, 2.24) is 4.57 Å². The fraction of sp³-hybridized carbons (Fsp3) is 0.435. The summed E-state index contributed by atoms with van der Waals surface area (Å²) < 4.78 is 13.1. The zero-order valence-electron chi connectivity index (χ0n) is 17.7. The zero-order chi connectivity index (χ0) is 22.8. The maximum absolute atomic E-state index is 13.1. The molecule has 1 aromatic heterocycles. The lowest BCUT2D eigenvalue weighted by Crippen LogP contribution is -2.54. The predicted octanol–water partition coefficient (Wildman–Crippen LogP) is 2.22. The first-order chi connectivity index (χ1) is 14.7. The Morgan fingerprint density at radius 2 is 2.10 bits per heavy atom. The van der Waals surface area contributed by atoms with Crippen LogP contribution >= 0.6 is 0 Å². The summed E-state index contributed by atoms with van der Waals surface area (Å²) in [6.45, 7) is 4.78. The number of hydrogen-bond acceptors (Lipinski definition) is 7. The van der Waals surface area contributed by atoms with Crippen LogP contribution in [0.4, 0.5) is 0 Å². The molecular formula is C23H26N2O6. The SMILES string of the molecule is CC(=O)O[C@@H]1[C@@H](n2ccc(C(O)CCCO)cc2=O)c2cc(C#N)ccc2OC1(C)C. The Bertz CT molecular complexity index is 1070. The molecule has 2 aromatic rings. The second kappa shape index (κ2) is 8.92. The third kappa shape index (κ3) is 4.63. The van der Waals surface area contributed by atoms with Crippen molar-refractivity contribution in [3.05, 3.63) is 63.6 Å². The molecule has 1 aliphatic rings. The number of ether oxygens (including phenoxy) is 2. The van der Waals surface area contributed by atoms with E-state index in [1.54, 1.807) is 44.3 Å². The number of carbonyl (C=O) groups is 1. The van der Waals surface area contributed by atoms with Gasteiger partial charge in [0.2, 0.25) is 0 Å². The highest BCUT2D eigenvalue weighted by molar-refractivity contribution is 5.66. The summed E-state index contributed by atoms with van der Waals surface area (Å²) >= 11 is 0. The van der Waals surface area contributed by atoms with Crippen LogP contribution in [0.2, 0.25) is 0 Å². The van der Waals surface area contributed by atoms with E-state index in [0.717, 1.165) is 0 Å². The molecule has 8 nitrogen and oxygen atoms in total. The van der Waals surface area contributed by atoms with Crippen molar-refractivity contribution < 1.29 is 24.5 Å². The van der Waals surface area contributed by atoms with Crippen molar-refractivity contribution in [3.8, 4) is 11.8 Å². The van der Waals surface area contributed by atoms with Crippen molar-refractivity contribution in [1.29, 1.82) is 5.26 Å². The maximum Gasteiger partial charge on any atom is 0.303 e. The Morgan fingerprint density at radius 1 is 1.35 bits per heavy atom. The molecular weight excluding hydrogens is 400 g/mol. The van der Waals surface area contributed by atoms with Crippen LogP contribution in [0.15, 0.2) is 41.3 Å². The average molecular weight is 426 g/mol. The lowest BCUT2D eigenvalue weighted by Gasteiger charge is -2.44. The Kier molecular flexibility index (Phi) is 6.48. The third-order valence-electron chi connectivity index (χ3n) is 5.39. The van der Waals surface area contributed by atoms with Gasteiger partial charge >= 0.3 is 5.97 Å². The first kappa shape index (κ1) is 22.5. The molecule has 0 radical (unpaired) electrons. The molecule has 0 saturated heterocycles. The second-order valence-corrected chi connectivity index (χ2v) is 8.13. The summed E-state index contributed by atoms with van der Waals surface area (Å²) in [7, 11) is 0. The number of pyridine rings is 1. The van der Waals surface area contributed by atoms with Crippen molar-refractivity contribution in [2.24, 2.45) is 0 Å². The summed E-state index contributed by atoms with van der Waals surface area (Å²) in [6, 6.07) is 9.24. The van der Waals surface area contributed by atoms with Gasteiger partial charge in [-0.2, -0.15) is 5.26 Å². The number of hydrogen-bond donors (Lipinski definition) is 2. The molecule has 164 valence electrons. The van der Waals surface area contributed by atoms with E-state index in [1.807, 2.05) is 0 Å². The van der Waals surface area contributed by atoms with Gasteiger partial charge in [0.1, 0.15) is 17.4 Å². The van der Waals surface area contributed by atoms with Gasteiger partial charge in [0, 0.05) is 31.4 Å². The van der Waals surface area contributed by atoms with E-state index in [0.29, 0.717) is 35.3 Å². The fourth-order valence-corrected chi connectivity index (χ4v) is 3.90. The molecule has 0 spiro atoms. The van der Waals surface area contributed by atoms with Gasteiger partial charge in [0.15, 0.2) is 6.10 Å². The minimum absolute atomic E-state index is 0.0483. The van der Waals surface area contributed by atoms with Gasteiger partial charge in [0.25, 0.3) is 5.56 Å². The first-order valence-electron chi connectivity index (χ1n) is 10.1. The molecule has 1 aliphatic heterocycles. The highest BCUT2D eigenvalue weighted by atomic mass is 16.6. The zero-order valence-corrected chi connectivity index (χ0v) is 17.7. The molecule has 0 saturated carbocycles. The summed E-state index contributed by atoms with van der Waals surface area (Å²) in [5.41, 5.74) is 0.0405. The van der Waals surface area contributed by atoms with Crippen molar-refractivity contribution >= 4 is 5.97 Å². The van der Waals surface area contributed by atoms with Gasteiger partial charge in [-0.05, 0) is 56.5 Å². The third-order valence-corrected chi connectivity index (χ3v) is 5.39. The van der Waals surface area contributed by atoms with Gasteiger partial charge < -0.3 is 24.3 Å². The van der Waals surface area contributed by atoms with Gasteiger partial charge in [-0.1, -0.05) is 0 Å². The van der Waals surface area contributed by atoms with Gasteiger partial charge in [-0.15, -0.1) is 0 Å². The molecule has 3 rings (SSSR count). The van der Waals surface area contributed by atoms with Crippen molar-refractivity contribution in [2.45, 2.75) is 57.5 Å². The second-order valence-electron chi connectivity index (χ2n) is 8.13.